The minimum Gasteiger partial charge on any atom is -0.504 e. The highest BCUT2D eigenvalue weighted by molar-refractivity contribution is 5.74. The molecule has 0 amide bonds. The number of fused-ring (bicyclic) bond motifs is 9. The molecule has 4 heterocycles. The summed E-state index contributed by atoms with van der Waals surface area (Å²) in [7, 11) is 3.52. The third-order valence-electron chi connectivity index (χ3n) is 9.37. The van der Waals surface area contributed by atoms with E-state index in [1.807, 2.05) is 33.9 Å². The Hall–Kier alpha value is -4.01. The van der Waals surface area contributed by atoms with Gasteiger partial charge in [-0.1, -0.05) is 13.0 Å². The number of esters is 2. The van der Waals surface area contributed by atoms with E-state index in [1.165, 1.54) is 14.0 Å². The normalized spacial score (nSPS) is 25.2. The molecule has 1 N–H and O–H groups in total. The Balaban J connectivity index is 1.60. The van der Waals surface area contributed by atoms with E-state index in [4.69, 9.17) is 23.7 Å². The van der Waals surface area contributed by atoms with Crippen molar-refractivity contribution in [3.05, 3.63) is 39.4 Å². The lowest BCUT2D eigenvalue weighted by Crippen LogP contribution is -2.68. The van der Waals surface area contributed by atoms with E-state index in [9.17, 15) is 20.0 Å². The molecule has 2 aromatic rings. The Morgan fingerprint density at radius 3 is 2.56 bits per heavy atom. The maximum absolute atomic E-state index is 12.7. The van der Waals surface area contributed by atoms with Crippen molar-refractivity contribution in [2.24, 2.45) is 0 Å². The van der Waals surface area contributed by atoms with Gasteiger partial charge in [0.05, 0.1) is 25.3 Å². The average Bonchev–Trinajstić information content (AvgIpc) is 3.45. The summed E-state index contributed by atoms with van der Waals surface area (Å²) in [6.45, 7) is 6.95. The average molecular weight is 592 g/mol. The number of benzene rings is 2. The number of rotatable bonds is 6. The highest BCUT2D eigenvalue weighted by atomic mass is 16.7. The van der Waals surface area contributed by atoms with Gasteiger partial charge in [-0.2, -0.15) is 5.26 Å². The molecule has 2 bridgehead atoms. The topological polar surface area (TPSA) is 131 Å². The van der Waals surface area contributed by atoms with Crippen LogP contribution in [0.3, 0.4) is 0 Å². The number of hydrogen-bond donors (Lipinski definition) is 1. The molecule has 1 saturated heterocycles. The smallest absolute Gasteiger partial charge is 0.308 e. The number of phenolic OH excluding ortho intramolecular Hbond substituents is 1. The highest BCUT2D eigenvalue weighted by Crippen LogP contribution is 2.58. The van der Waals surface area contributed by atoms with Gasteiger partial charge in [0.15, 0.2) is 23.0 Å². The minimum atomic E-state index is -0.598. The summed E-state index contributed by atoms with van der Waals surface area (Å²) in [5.74, 6) is 1.07. The Morgan fingerprint density at radius 2 is 1.88 bits per heavy atom. The number of likely N-dealkylation sites (N-methyl/N-ethyl adjacent to an activating group) is 1. The molecule has 0 spiro atoms. The third-order valence-corrected chi connectivity index (χ3v) is 9.37. The largest absolute Gasteiger partial charge is 0.504 e. The summed E-state index contributed by atoms with van der Waals surface area (Å²) in [5.41, 5.74) is 4.63. The summed E-state index contributed by atoms with van der Waals surface area (Å²) in [6.07, 6.45) is 1.83. The molecule has 2 aromatic carbocycles. The first-order chi connectivity index (χ1) is 20.6. The SMILES string of the molecule is CCCC(=O)OC[C@H]1c2c(c(OC(C)=O)c(C)c3c2OCO3)CC2C3c4c(cc(C)c(OC)c4O)CC([C@H](C#N)N21)N3C. The number of nitrogens with zero attached hydrogens (tertiary/aromatic N) is 3. The molecule has 4 aliphatic heterocycles. The third kappa shape index (κ3) is 4.38. The van der Waals surface area contributed by atoms with Crippen LogP contribution in [0.4, 0.5) is 0 Å². The van der Waals surface area contributed by atoms with E-state index in [-0.39, 0.29) is 49.7 Å². The van der Waals surface area contributed by atoms with E-state index in [2.05, 4.69) is 15.9 Å². The van der Waals surface area contributed by atoms with Crippen LogP contribution < -0.4 is 18.9 Å². The van der Waals surface area contributed by atoms with E-state index in [0.717, 1.165) is 22.3 Å². The lowest BCUT2D eigenvalue weighted by Gasteiger charge is -2.59. The van der Waals surface area contributed by atoms with Gasteiger partial charge in [-0.3, -0.25) is 19.4 Å². The van der Waals surface area contributed by atoms with Crippen LogP contribution in [0.15, 0.2) is 6.07 Å². The zero-order chi connectivity index (χ0) is 30.7. The lowest BCUT2D eigenvalue weighted by atomic mass is 9.71. The fourth-order valence-corrected chi connectivity index (χ4v) is 7.72. The molecule has 228 valence electrons. The van der Waals surface area contributed by atoms with Crippen LogP contribution in [0.5, 0.6) is 28.7 Å². The number of hydrogen-bond acceptors (Lipinski definition) is 11. The quantitative estimate of drug-likeness (QED) is 0.389. The first-order valence-electron chi connectivity index (χ1n) is 14.7. The number of piperazine rings is 1. The molecule has 1 fully saturated rings. The van der Waals surface area contributed by atoms with Gasteiger partial charge >= 0.3 is 11.9 Å². The molecule has 11 heteroatoms. The maximum Gasteiger partial charge on any atom is 0.308 e. The summed E-state index contributed by atoms with van der Waals surface area (Å²) in [4.78, 5) is 29.3. The van der Waals surface area contributed by atoms with Gasteiger partial charge in [-0.05, 0) is 51.3 Å². The summed E-state index contributed by atoms with van der Waals surface area (Å²) >= 11 is 0. The molecule has 11 nitrogen and oxygen atoms in total. The first kappa shape index (κ1) is 29.1. The summed E-state index contributed by atoms with van der Waals surface area (Å²) < 4.78 is 29.2. The van der Waals surface area contributed by atoms with Crippen LogP contribution in [-0.2, 0) is 27.2 Å². The second-order valence-corrected chi connectivity index (χ2v) is 11.8. The Morgan fingerprint density at radius 1 is 1.14 bits per heavy atom. The van der Waals surface area contributed by atoms with E-state index < -0.39 is 18.1 Å². The second-order valence-electron chi connectivity index (χ2n) is 11.8. The van der Waals surface area contributed by atoms with Crippen LogP contribution in [0.1, 0.15) is 72.2 Å². The maximum atomic E-state index is 12.7. The fourth-order valence-electron chi connectivity index (χ4n) is 7.72. The van der Waals surface area contributed by atoms with Crippen LogP contribution in [-0.4, -0.2) is 72.5 Å². The predicted molar refractivity (Wildman–Crippen MR) is 153 cm³/mol. The number of aryl methyl sites for hydroxylation is 1. The molecule has 43 heavy (non-hydrogen) atoms. The molecule has 0 aromatic heterocycles. The van der Waals surface area contributed by atoms with Crippen molar-refractivity contribution in [3.8, 4) is 34.8 Å². The number of phenols is 1. The summed E-state index contributed by atoms with van der Waals surface area (Å²) in [6, 6.07) is 2.53. The molecule has 0 saturated carbocycles. The number of ether oxygens (including phenoxy) is 5. The highest BCUT2D eigenvalue weighted by Gasteiger charge is 2.57. The van der Waals surface area contributed by atoms with E-state index in [0.29, 0.717) is 53.4 Å². The molecule has 0 aliphatic carbocycles. The number of nitriles is 1. The molecule has 6 rings (SSSR count). The molecule has 5 atom stereocenters. The van der Waals surface area contributed by atoms with Crippen LogP contribution in [0.2, 0.25) is 0 Å². The molecular weight excluding hydrogens is 554 g/mol. The van der Waals surface area contributed by atoms with Crippen molar-refractivity contribution in [2.75, 3.05) is 27.6 Å². The van der Waals surface area contributed by atoms with Crippen LogP contribution in [0, 0.1) is 25.2 Å². The van der Waals surface area contributed by atoms with Crippen LogP contribution in [0.25, 0.3) is 0 Å². The van der Waals surface area contributed by atoms with Gasteiger partial charge in [0.2, 0.25) is 6.79 Å². The fraction of sp³-hybridized carbons (Fsp3) is 0.531. The molecular formula is C32H37N3O8. The minimum absolute atomic E-state index is 0.00598. The Bertz CT molecular complexity index is 1550. The Labute approximate surface area is 250 Å². The standard InChI is InChI=1S/C32H37N3O8/c1-7-8-24(37)40-13-23-26-19(30(43-17(4)36)16(3)31-32(26)42-14-41-31)11-21-27-25-18(9-15(2)29(39-6)28(25)38)10-20(34(27)5)22(12-33)35(21)23/h9,20-23,27,38H,7-8,10-11,13-14H2,1-6H3/t20?,21?,22-,23-,27?/m0/s1. The lowest BCUT2D eigenvalue weighted by molar-refractivity contribution is -0.149. The van der Waals surface area contributed by atoms with Gasteiger partial charge in [0.1, 0.15) is 18.4 Å². The van der Waals surface area contributed by atoms with E-state index >= 15 is 0 Å². The van der Waals surface area contributed by atoms with Gasteiger partial charge < -0.3 is 28.8 Å². The number of aromatic hydroxyl groups is 1. The zero-order valence-corrected chi connectivity index (χ0v) is 25.4. The monoisotopic (exact) mass is 591 g/mol. The first-order valence-corrected chi connectivity index (χ1v) is 14.7. The van der Waals surface area contributed by atoms with Gasteiger partial charge in [-0.25, -0.2) is 0 Å². The number of carbonyl (C=O) groups is 2. The van der Waals surface area contributed by atoms with Crippen molar-refractivity contribution in [1.29, 1.82) is 5.26 Å². The van der Waals surface area contributed by atoms with Crippen molar-refractivity contribution in [3.63, 3.8) is 0 Å². The number of methoxy groups -OCH3 is 1. The Kier molecular flexibility index (Phi) is 7.39. The van der Waals surface area contributed by atoms with Crippen LogP contribution >= 0.6 is 0 Å². The van der Waals surface area contributed by atoms with Gasteiger partial charge in [0.25, 0.3) is 0 Å². The van der Waals surface area contributed by atoms with Crippen molar-refractivity contribution in [1.82, 2.24) is 9.80 Å². The van der Waals surface area contributed by atoms with Gasteiger partial charge in [0, 0.05) is 47.7 Å². The van der Waals surface area contributed by atoms with Crippen molar-refractivity contribution < 1.29 is 38.4 Å². The zero-order valence-electron chi connectivity index (χ0n) is 25.4. The summed E-state index contributed by atoms with van der Waals surface area (Å²) in [5, 5.41) is 22.3. The van der Waals surface area contributed by atoms with Crippen molar-refractivity contribution >= 4 is 11.9 Å². The number of carbonyl (C=O) groups excluding carboxylic acids is 2. The molecule has 0 radical (unpaired) electrons. The van der Waals surface area contributed by atoms with Crippen molar-refractivity contribution in [2.45, 2.75) is 83.6 Å². The predicted octanol–water partition coefficient (Wildman–Crippen LogP) is 3.79. The molecule has 4 aliphatic rings. The van der Waals surface area contributed by atoms with E-state index in [1.54, 1.807) is 0 Å². The molecule has 3 unspecified atom stereocenters. The second kappa shape index (κ2) is 10.9. The van der Waals surface area contributed by atoms with Gasteiger partial charge in [-0.15, -0.1) is 0 Å².